The first-order chi connectivity index (χ1) is 23.2. The van der Waals surface area contributed by atoms with Crippen molar-refractivity contribution in [1.82, 2.24) is 14.3 Å². The summed E-state index contributed by atoms with van der Waals surface area (Å²) in [7, 11) is -4.28. The second-order valence-corrected chi connectivity index (χ2v) is 14.3. The minimum atomic E-state index is -6.09. The van der Waals surface area contributed by atoms with Crippen LogP contribution >= 0.6 is 11.3 Å². The van der Waals surface area contributed by atoms with E-state index in [-0.39, 0.29) is 29.3 Å². The lowest BCUT2D eigenvalue weighted by molar-refractivity contribution is -0.671. The van der Waals surface area contributed by atoms with Gasteiger partial charge in [0.05, 0.1) is 33.4 Å². The number of nitro groups is 1. The molecular formula is C30H26F3N5O10S2. The summed E-state index contributed by atoms with van der Waals surface area (Å²) in [5.74, 6) is -2.88. The van der Waals surface area contributed by atoms with Gasteiger partial charge in [0.25, 0.3) is 5.69 Å². The number of carbonyl (C=O) groups excluding carboxylic acids is 2. The summed E-state index contributed by atoms with van der Waals surface area (Å²) in [6, 6.07) is 8.78. The first-order valence-corrected chi connectivity index (χ1v) is 16.6. The standard InChI is InChI=1S/C29H25N5O7S.CHF3O3S/c1-15(35)20-25-29(2,11-16-6-8-18(9-7-16)34(40)41)21(23(28(38)39)33(25)26(20)37)19-13-32-14-30-22(27(32)42-19)24(36)17-5-4-10-31(3)12-17;2-1(3,4)8(5,6)7/h4-10,12-15,20,25,35H,11H2,1-3H3;(H,5,6,7)/t15-,20-,25-,29+;/m1./s1. The highest BCUT2D eigenvalue weighted by Crippen LogP contribution is 2.59. The van der Waals surface area contributed by atoms with Crippen LogP contribution in [0.15, 0.2) is 67.0 Å². The van der Waals surface area contributed by atoms with E-state index < -0.39 is 55.9 Å². The largest absolute Gasteiger partial charge is 0.741 e. The van der Waals surface area contributed by atoms with Gasteiger partial charge in [-0.3, -0.25) is 24.1 Å². The minimum Gasteiger partial charge on any atom is -0.741 e. The first kappa shape index (κ1) is 36.2. The average Bonchev–Trinajstić information content (AvgIpc) is 3.65. The van der Waals surface area contributed by atoms with Gasteiger partial charge in [0.2, 0.25) is 11.7 Å². The van der Waals surface area contributed by atoms with Crippen LogP contribution < -0.4 is 4.57 Å². The van der Waals surface area contributed by atoms with E-state index in [4.69, 9.17) is 13.0 Å². The molecule has 0 spiro atoms. The summed E-state index contributed by atoms with van der Waals surface area (Å²) in [5.41, 5.74) is -5.14. The molecule has 264 valence electrons. The Bertz CT molecular complexity index is 2200. The van der Waals surface area contributed by atoms with Crippen molar-refractivity contribution in [1.29, 1.82) is 0 Å². The molecule has 0 unspecified atom stereocenters. The Balaban J connectivity index is 0.000000544. The number of ketones is 1. The molecule has 4 aromatic rings. The van der Waals surface area contributed by atoms with E-state index in [1.807, 2.05) is 6.92 Å². The van der Waals surface area contributed by atoms with Gasteiger partial charge in [0, 0.05) is 35.4 Å². The molecule has 5 heterocycles. The molecule has 50 heavy (non-hydrogen) atoms. The number of carboxylic acids is 1. The van der Waals surface area contributed by atoms with E-state index in [0.717, 1.165) is 0 Å². The zero-order valence-electron chi connectivity index (χ0n) is 26.1. The number of pyridine rings is 1. The number of benzene rings is 1. The van der Waals surface area contributed by atoms with E-state index in [2.05, 4.69) is 4.98 Å². The summed E-state index contributed by atoms with van der Waals surface area (Å²) in [6.07, 6.45) is 5.91. The maximum absolute atomic E-state index is 13.4. The topological polar surface area (TPSA) is 216 Å². The number of thiazole rings is 1. The monoisotopic (exact) mass is 737 g/mol. The number of β-lactam (4-membered cyclic amide) rings is 1. The maximum Gasteiger partial charge on any atom is 0.485 e. The fraction of sp³-hybridized carbons (Fsp3) is 0.300. The number of imidazole rings is 1. The van der Waals surface area contributed by atoms with Crippen LogP contribution in [-0.2, 0) is 33.2 Å². The number of non-ortho nitro benzene ring substituents is 1. The highest BCUT2D eigenvalue weighted by atomic mass is 32.2. The Kier molecular flexibility index (Phi) is 9.19. The lowest BCUT2D eigenvalue weighted by Gasteiger charge is -2.51. The second-order valence-electron chi connectivity index (χ2n) is 11.9. The summed E-state index contributed by atoms with van der Waals surface area (Å²) in [4.78, 5) is 56.7. The van der Waals surface area contributed by atoms with Crippen molar-refractivity contribution in [3.05, 3.63) is 98.8 Å². The number of halogens is 3. The van der Waals surface area contributed by atoms with Crippen LogP contribution in [0.5, 0.6) is 0 Å². The number of carbonyl (C=O) groups is 3. The fourth-order valence-electron chi connectivity index (χ4n) is 6.34. The molecule has 15 nitrogen and oxygen atoms in total. The SMILES string of the molecule is C[C@@H](O)[C@H]1C(=O)N2C(C(=O)O)=C(c3cn4cnc(C(=O)c5ccc[n+](C)c5)c4s3)[C@](C)(Cc3ccc([N+](=O)[O-])cc3)[C@@H]12.O=S(=O)([O-])C(F)(F)F. The van der Waals surface area contributed by atoms with Crippen molar-refractivity contribution in [2.45, 2.75) is 37.9 Å². The number of hydrogen-bond acceptors (Lipinski definition) is 11. The Morgan fingerprint density at radius 3 is 2.36 bits per heavy atom. The highest BCUT2D eigenvalue weighted by molar-refractivity contribution is 7.86. The lowest BCUT2D eigenvalue weighted by Crippen LogP contribution is -2.66. The van der Waals surface area contributed by atoms with Crippen LogP contribution in [0, 0.1) is 21.4 Å². The Hall–Kier alpha value is -5.05. The normalized spacial score (nSPS) is 21.0. The van der Waals surface area contributed by atoms with Gasteiger partial charge in [-0.05, 0) is 25.0 Å². The number of aliphatic hydroxyl groups excluding tert-OH is 1. The van der Waals surface area contributed by atoms with Gasteiger partial charge in [-0.1, -0.05) is 19.1 Å². The van der Waals surface area contributed by atoms with Gasteiger partial charge in [-0.15, -0.1) is 11.3 Å². The number of aryl methyl sites for hydroxylation is 1. The van der Waals surface area contributed by atoms with E-state index in [9.17, 15) is 47.9 Å². The van der Waals surface area contributed by atoms with Gasteiger partial charge in [-0.25, -0.2) is 22.8 Å². The summed E-state index contributed by atoms with van der Waals surface area (Å²) < 4.78 is 62.3. The third-order valence-corrected chi connectivity index (χ3v) is 10.1. The van der Waals surface area contributed by atoms with Gasteiger partial charge in [0.1, 0.15) is 29.6 Å². The van der Waals surface area contributed by atoms with E-state index in [1.165, 1.54) is 41.6 Å². The molecule has 0 aliphatic carbocycles. The van der Waals surface area contributed by atoms with Crippen molar-refractivity contribution in [3.63, 3.8) is 0 Å². The maximum atomic E-state index is 13.4. The molecule has 1 saturated heterocycles. The van der Waals surface area contributed by atoms with E-state index >= 15 is 0 Å². The van der Waals surface area contributed by atoms with Crippen LogP contribution in [0.1, 0.15) is 40.3 Å². The lowest BCUT2D eigenvalue weighted by atomic mass is 9.64. The number of hydrogen-bond donors (Lipinski definition) is 2. The summed E-state index contributed by atoms with van der Waals surface area (Å²) in [6.45, 7) is 3.36. The molecule has 1 aromatic carbocycles. The second kappa shape index (κ2) is 12.7. The van der Waals surface area contributed by atoms with Crippen molar-refractivity contribution >= 4 is 55.2 Å². The smallest absolute Gasteiger partial charge is 0.485 e. The number of aliphatic hydroxyl groups is 1. The first-order valence-electron chi connectivity index (χ1n) is 14.4. The third kappa shape index (κ3) is 6.25. The fourth-order valence-corrected chi connectivity index (χ4v) is 7.60. The number of fused-ring (bicyclic) bond motifs is 2. The molecule has 20 heteroatoms. The molecule has 0 radical (unpaired) electrons. The van der Waals surface area contributed by atoms with Crippen LogP contribution in [0.4, 0.5) is 18.9 Å². The van der Waals surface area contributed by atoms with Crippen molar-refractivity contribution in [3.8, 4) is 0 Å². The summed E-state index contributed by atoms with van der Waals surface area (Å²) >= 11 is 1.20. The number of aromatic nitrogens is 3. The Labute approximate surface area is 284 Å². The van der Waals surface area contributed by atoms with Crippen LogP contribution in [0.3, 0.4) is 0 Å². The van der Waals surface area contributed by atoms with Crippen LogP contribution in [-0.4, -0.2) is 77.7 Å². The molecule has 2 aliphatic heterocycles. The molecule has 4 atom stereocenters. The highest BCUT2D eigenvalue weighted by Gasteiger charge is 2.66. The molecule has 1 fully saturated rings. The number of rotatable bonds is 8. The average molecular weight is 738 g/mol. The number of alkyl halides is 3. The predicted molar refractivity (Wildman–Crippen MR) is 165 cm³/mol. The molecule has 1 amide bonds. The molecule has 0 saturated carbocycles. The van der Waals surface area contributed by atoms with Gasteiger partial charge in [-0.2, -0.15) is 13.2 Å². The summed E-state index contributed by atoms with van der Waals surface area (Å²) in [5, 5.41) is 32.1. The van der Waals surface area contributed by atoms with Gasteiger partial charge >= 0.3 is 11.5 Å². The zero-order valence-corrected chi connectivity index (χ0v) is 27.7. The number of aliphatic carboxylic acids is 1. The number of amides is 1. The Morgan fingerprint density at radius 1 is 1.22 bits per heavy atom. The number of nitrogens with zero attached hydrogens (tertiary/aromatic N) is 5. The minimum absolute atomic E-state index is 0.0790. The molecule has 6 rings (SSSR count). The Morgan fingerprint density at radius 2 is 1.84 bits per heavy atom. The predicted octanol–water partition coefficient (Wildman–Crippen LogP) is 2.68. The quantitative estimate of drug-likeness (QED) is 0.0510. The van der Waals surface area contributed by atoms with Crippen molar-refractivity contribution in [2.24, 2.45) is 18.4 Å². The third-order valence-electron chi connectivity index (χ3n) is 8.44. The van der Waals surface area contributed by atoms with Gasteiger partial charge < -0.3 is 19.7 Å². The molecule has 3 aromatic heterocycles. The molecule has 0 bridgehead atoms. The molecular weight excluding hydrogens is 711 g/mol. The van der Waals surface area contributed by atoms with Crippen LogP contribution in [0.25, 0.3) is 10.4 Å². The van der Waals surface area contributed by atoms with E-state index in [0.29, 0.717) is 26.4 Å². The molecule has 2 N–H and O–H groups in total. The number of carboxylic acid groups (broad SMARTS) is 1. The zero-order chi connectivity index (χ0) is 37.1. The van der Waals surface area contributed by atoms with E-state index in [1.54, 1.807) is 58.9 Å². The molecule has 2 aliphatic rings. The van der Waals surface area contributed by atoms with Gasteiger partial charge in [0.15, 0.2) is 22.5 Å². The van der Waals surface area contributed by atoms with Crippen molar-refractivity contribution < 1.29 is 60.2 Å². The van der Waals surface area contributed by atoms with Crippen molar-refractivity contribution in [2.75, 3.05) is 0 Å². The number of nitro benzene ring substituents is 1. The van der Waals surface area contributed by atoms with Crippen LogP contribution in [0.2, 0.25) is 0 Å².